The summed E-state index contributed by atoms with van der Waals surface area (Å²) in [4.78, 5) is 17.1. The summed E-state index contributed by atoms with van der Waals surface area (Å²) in [5, 5.41) is 2.95. The Labute approximate surface area is 174 Å². The minimum absolute atomic E-state index is 0.0798. The van der Waals surface area contributed by atoms with E-state index in [1.54, 1.807) is 26.6 Å². The molecular weight excluding hydrogens is 382 g/mol. The van der Waals surface area contributed by atoms with E-state index in [1.807, 2.05) is 41.0 Å². The maximum Gasteiger partial charge on any atom is 0.226 e. The number of nitrogens with zero attached hydrogens (tertiary/aromatic N) is 2. The zero-order chi connectivity index (χ0) is 21.1. The summed E-state index contributed by atoms with van der Waals surface area (Å²) in [5.41, 5.74) is 2.54. The molecule has 1 N–H and O–H groups in total. The van der Waals surface area contributed by atoms with E-state index in [1.165, 1.54) is 0 Å². The number of aromatic nitrogens is 2. The third kappa shape index (κ3) is 3.55. The lowest BCUT2D eigenvalue weighted by Crippen LogP contribution is -2.25. The van der Waals surface area contributed by atoms with Gasteiger partial charge in [-0.05, 0) is 29.8 Å². The number of imidazole rings is 1. The average molecular weight is 403 g/mol. The van der Waals surface area contributed by atoms with Gasteiger partial charge in [-0.3, -0.25) is 9.36 Å². The van der Waals surface area contributed by atoms with Crippen molar-refractivity contribution in [3.63, 3.8) is 0 Å². The maximum absolute atomic E-state index is 12.5. The van der Waals surface area contributed by atoms with E-state index in [2.05, 4.69) is 16.2 Å². The Morgan fingerprint density at radius 1 is 1.20 bits per heavy atom. The fraction of sp³-hybridized carbons (Fsp3) is 0.217. The van der Waals surface area contributed by atoms with Gasteiger partial charge in [0.1, 0.15) is 24.5 Å². The van der Waals surface area contributed by atoms with Gasteiger partial charge >= 0.3 is 0 Å². The number of fused-ring (bicyclic) bond motifs is 1. The highest BCUT2D eigenvalue weighted by molar-refractivity contribution is 5.94. The van der Waals surface area contributed by atoms with Gasteiger partial charge in [-0.1, -0.05) is 18.1 Å². The number of terminal acetylenes is 1. The van der Waals surface area contributed by atoms with Crippen LogP contribution in [0.15, 0.2) is 48.8 Å². The first-order valence-electron chi connectivity index (χ1n) is 9.40. The van der Waals surface area contributed by atoms with Crippen LogP contribution >= 0.6 is 0 Å². The predicted octanol–water partition coefficient (Wildman–Crippen LogP) is 3.38. The van der Waals surface area contributed by atoms with Crippen LogP contribution in [0.3, 0.4) is 0 Å². The molecule has 0 saturated heterocycles. The fourth-order valence-corrected chi connectivity index (χ4v) is 3.58. The minimum atomic E-state index is -0.212. The summed E-state index contributed by atoms with van der Waals surface area (Å²) >= 11 is 0. The fourth-order valence-electron chi connectivity index (χ4n) is 3.58. The Morgan fingerprint density at radius 3 is 2.83 bits per heavy atom. The highest BCUT2D eigenvalue weighted by Gasteiger charge is 2.31. The minimum Gasteiger partial charge on any atom is -0.497 e. The molecule has 2 aromatic carbocycles. The van der Waals surface area contributed by atoms with Crippen molar-refractivity contribution in [1.29, 1.82) is 0 Å². The van der Waals surface area contributed by atoms with Crippen LogP contribution in [0.5, 0.6) is 17.2 Å². The van der Waals surface area contributed by atoms with Crippen LogP contribution in [0.25, 0.3) is 5.69 Å². The number of ether oxygens (including phenoxy) is 3. The van der Waals surface area contributed by atoms with Crippen molar-refractivity contribution in [2.75, 3.05) is 26.1 Å². The first-order valence-corrected chi connectivity index (χ1v) is 9.40. The Morgan fingerprint density at radius 2 is 2.07 bits per heavy atom. The van der Waals surface area contributed by atoms with Crippen molar-refractivity contribution in [1.82, 2.24) is 9.55 Å². The van der Waals surface area contributed by atoms with E-state index in [0.29, 0.717) is 17.3 Å². The van der Waals surface area contributed by atoms with Gasteiger partial charge in [0.05, 0.1) is 25.6 Å². The second kappa shape index (κ2) is 8.21. The van der Waals surface area contributed by atoms with Crippen molar-refractivity contribution in [3.8, 4) is 35.3 Å². The molecule has 1 aromatic heterocycles. The molecule has 1 aliphatic rings. The van der Waals surface area contributed by atoms with Gasteiger partial charge in [0, 0.05) is 18.4 Å². The van der Waals surface area contributed by atoms with Crippen molar-refractivity contribution >= 4 is 11.7 Å². The van der Waals surface area contributed by atoms with E-state index in [0.717, 1.165) is 22.7 Å². The molecule has 1 amide bonds. The molecular formula is C23H21N3O4. The van der Waals surface area contributed by atoms with E-state index >= 15 is 0 Å². The predicted molar refractivity (Wildman–Crippen MR) is 113 cm³/mol. The van der Waals surface area contributed by atoms with Crippen LogP contribution in [0.2, 0.25) is 0 Å². The second-order valence-electron chi connectivity index (χ2n) is 6.76. The molecule has 1 atom stereocenters. The molecule has 4 rings (SSSR count). The largest absolute Gasteiger partial charge is 0.497 e. The van der Waals surface area contributed by atoms with Gasteiger partial charge < -0.3 is 19.5 Å². The zero-order valence-electron chi connectivity index (χ0n) is 16.7. The molecule has 7 nitrogen and oxygen atoms in total. The summed E-state index contributed by atoms with van der Waals surface area (Å²) in [6.45, 7) is 0.149. The lowest BCUT2D eigenvalue weighted by molar-refractivity contribution is -0.116. The van der Waals surface area contributed by atoms with Crippen LogP contribution in [0, 0.1) is 12.3 Å². The van der Waals surface area contributed by atoms with Gasteiger partial charge in [-0.15, -0.1) is 6.42 Å². The number of carbonyl (C=O) groups is 1. The van der Waals surface area contributed by atoms with Crippen molar-refractivity contribution < 1.29 is 19.0 Å². The summed E-state index contributed by atoms with van der Waals surface area (Å²) < 4.78 is 18.1. The Bertz CT molecular complexity index is 1130. The standard InChI is InChI=1S/C23H21N3O4/c1-4-10-30-19-9-8-15(11-20(19)29-3)18-13-21(27)25-23-22(18)24-14-26(23)16-6-5-7-17(12-16)28-2/h1,5-9,11-12,14,18H,10,13H2,2-3H3,(H,25,27)/t18-/m1/s1. The maximum atomic E-state index is 12.5. The van der Waals surface area contributed by atoms with Crippen LogP contribution < -0.4 is 19.5 Å². The zero-order valence-corrected chi connectivity index (χ0v) is 16.7. The molecule has 30 heavy (non-hydrogen) atoms. The number of carbonyl (C=O) groups excluding carboxylic acids is 1. The van der Waals surface area contributed by atoms with E-state index in [-0.39, 0.29) is 24.9 Å². The molecule has 0 radical (unpaired) electrons. The lowest BCUT2D eigenvalue weighted by Gasteiger charge is -2.24. The summed E-state index contributed by atoms with van der Waals surface area (Å²) in [5.74, 6) is 4.63. The van der Waals surface area contributed by atoms with Crippen LogP contribution in [0.4, 0.5) is 5.82 Å². The lowest BCUT2D eigenvalue weighted by atomic mass is 9.89. The average Bonchev–Trinajstić information content (AvgIpc) is 3.20. The number of methoxy groups -OCH3 is 2. The molecule has 0 spiro atoms. The number of nitrogens with one attached hydrogen (secondary N) is 1. The van der Waals surface area contributed by atoms with Crippen LogP contribution in [-0.4, -0.2) is 36.3 Å². The second-order valence-corrected chi connectivity index (χ2v) is 6.76. The Hall–Kier alpha value is -3.92. The third-order valence-corrected chi connectivity index (χ3v) is 5.01. The smallest absolute Gasteiger partial charge is 0.226 e. The first kappa shape index (κ1) is 19.4. The highest BCUT2D eigenvalue weighted by atomic mass is 16.5. The molecule has 0 unspecified atom stereocenters. The first-order chi connectivity index (χ1) is 14.6. The monoisotopic (exact) mass is 403 g/mol. The van der Waals surface area contributed by atoms with Crippen molar-refractivity contribution in [2.24, 2.45) is 0 Å². The van der Waals surface area contributed by atoms with E-state index in [4.69, 9.17) is 20.6 Å². The van der Waals surface area contributed by atoms with Crippen LogP contribution in [-0.2, 0) is 4.79 Å². The SMILES string of the molecule is C#CCOc1ccc([C@H]2CC(=O)Nc3c2ncn3-c2cccc(OC)c2)cc1OC. The molecule has 0 bridgehead atoms. The molecule has 3 aromatic rings. The Kier molecular flexibility index (Phi) is 5.31. The van der Waals surface area contributed by atoms with Crippen molar-refractivity contribution in [2.45, 2.75) is 12.3 Å². The third-order valence-electron chi connectivity index (χ3n) is 5.01. The summed E-state index contributed by atoms with van der Waals surface area (Å²) in [7, 11) is 3.18. The number of benzene rings is 2. The Balaban J connectivity index is 1.74. The number of rotatable bonds is 6. The van der Waals surface area contributed by atoms with Gasteiger partial charge in [-0.2, -0.15) is 0 Å². The van der Waals surface area contributed by atoms with Gasteiger partial charge in [0.2, 0.25) is 5.91 Å². The summed E-state index contributed by atoms with van der Waals surface area (Å²) in [6.07, 6.45) is 7.27. The quantitative estimate of drug-likeness (QED) is 0.639. The number of hydrogen-bond donors (Lipinski definition) is 1. The normalized spacial score (nSPS) is 15.0. The van der Waals surface area contributed by atoms with Gasteiger partial charge in [-0.25, -0.2) is 4.98 Å². The topological polar surface area (TPSA) is 74.6 Å². The molecule has 0 aliphatic carbocycles. The van der Waals surface area contributed by atoms with Gasteiger partial charge in [0.25, 0.3) is 0 Å². The molecule has 1 aliphatic heterocycles. The van der Waals surface area contributed by atoms with Gasteiger partial charge in [0.15, 0.2) is 11.5 Å². The molecule has 152 valence electrons. The van der Waals surface area contributed by atoms with Crippen molar-refractivity contribution in [3.05, 3.63) is 60.0 Å². The van der Waals surface area contributed by atoms with E-state index in [9.17, 15) is 4.79 Å². The molecule has 0 fully saturated rings. The van der Waals surface area contributed by atoms with Crippen LogP contribution in [0.1, 0.15) is 23.6 Å². The number of anilines is 1. The molecule has 0 saturated carbocycles. The summed E-state index contributed by atoms with van der Waals surface area (Å²) in [6, 6.07) is 13.2. The molecule has 2 heterocycles. The number of hydrogen-bond acceptors (Lipinski definition) is 5. The number of amides is 1. The van der Waals surface area contributed by atoms with E-state index < -0.39 is 0 Å². The molecule has 7 heteroatoms. The highest BCUT2D eigenvalue weighted by Crippen LogP contribution is 2.40.